The molecule has 0 aliphatic carbocycles. The summed E-state index contributed by atoms with van der Waals surface area (Å²) in [6.45, 7) is 5.07. The van der Waals surface area contributed by atoms with Crippen LogP contribution in [0.5, 0.6) is 0 Å². The molecule has 0 radical (unpaired) electrons. The molecule has 166 valence electrons. The zero-order valence-corrected chi connectivity index (χ0v) is 18.7. The average molecular weight is 441 g/mol. The Balaban J connectivity index is 1.74. The van der Waals surface area contributed by atoms with Gasteiger partial charge in [0.15, 0.2) is 5.69 Å². The number of aromatic nitrogens is 2. The second-order valence-corrected chi connectivity index (χ2v) is 8.12. The van der Waals surface area contributed by atoms with E-state index >= 15 is 0 Å². The Morgan fingerprint density at radius 3 is 2.52 bits per heavy atom. The highest BCUT2D eigenvalue weighted by Gasteiger charge is 2.33. The van der Waals surface area contributed by atoms with E-state index in [4.69, 9.17) is 5.26 Å². The van der Waals surface area contributed by atoms with Crippen LogP contribution in [0.3, 0.4) is 0 Å². The molecular formula is C25H24N6O2. The summed E-state index contributed by atoms with van der Waals surface area (Å²) in [5, 5.41) is 23.2. The van der Waals surface area contributed by atoms with Crippen molar-refractivity contribution in [2.45, 2.75) is 39.3 Å². The predicted octanol–water partition coefficient (Wildman–Crippen LogP) is 4.27. The summed E-state index contributed by atoms with van der Waals surface area (Å²) < 4.78 is 0. The number of rotatable bonds is 4. The number of carbonyl (C=O) groups is 2. The molecule has 4 rings (SSSR count). The van der Waals surface area contributed by atoms with Gasteiger partial charge in [-0.2, -0.15) is 5.26 Å². The molecule has 8 heteroatoms. The SMILES string of the molecule is CC(=O)Nc1cccc(-c2ccc3c(c2)[C@H](Nc2ccc(C#N)nn2)C[C@H](C)N3C(C)=O)c1. The summed E-state index contributed by atoms with van der Waals surface area (Å²) in [7, 11) is 0. The number of hydrogen-bond donors (Lipinski definition) is 2. The van der Waals surface area contributed by atoms with Crippen LogP contribution in [0.15, 0.2) is 54.6 Å². The summed E-state index contributed by atoms with van der Waals surface area (Å²) in [4.78, 5) is 25.7. The van der Waals surface area contributed by atoms with Gasteiger partial charge >= 0.3 is 0 Å². The molecule has 2 N–H and O–H groups in total. The van der Waals surface area contributed by atoms with Crippen molar-refractivity contribution in [1.82, 2.24) is 10.2 Å². The summed E-state index contributed by atoms with van der Waals surface area (Å²) in [5.74, 6) is 0.420. The highest BCUT2D eigenvalue weighted by atomic mass is 16.2. The fraction of sp³-hybridized carbons (Fsp3) is 0.240. The molecule has 0 saturated carbocycles. The maximum atomic E-state index is 12.4. The van der Waals surface area contributed by atoms with Crippen LogP contribution in [0, 0.1) is 11.3 Å². The van der Waals surface area contributed by atoms with Crippen LogP contribution in [0.1, 0.15) is 44.5 Å². The molecule has 2 amide bonds. The molecule has 0 bridgehead atoms. The number of carbonyl (C=O) groups excluding carboxylic acids is 2. The lowest BCUT2D eigenvalue weighted by molar-refractivity contribution is -0.117. The first-order valence-corrected chi connectivity index (χ1v) is 10.7. The molecule has 0 fully saturated rings. The van der Waals surface area contributed by atoms with Crippen LogP contribution in [-0.4, -0.2) is 28.1 Å². The molecule has 3 aromatic rings. The van der Waals surface area contributed by atoms with Gasteiger partial charge in [-0.3, -0.25) is 9.59 Å². The minimum Gasteiger partial charge on any atom is -0.362 e. The number of nitriles is 1. The van der Waals surface area contributed by atoms with E-state index in [1.165, 1.54) is 6.92 Å². The lowest BCUT2D eigenvalue weighted by Gasteiger charge is -2.39. The maximum absolute atomic E-state index is 12.4. The second-order valence-electron chi connectivity index (χ2n) is 8.12. The van der Waals surface area contributed by atoms with Gasteiger partial charge in [-0.05, 0) is 66.4 Å². The minimum atomic E-state index is -0.128. The first-order valence-electron chi connectivity index (χ1n) is 10.7. The van der Waals surface area contributed by atoms with Gasteiger partial charge < -0.3 is 15.5 Å². The Kier molecular flexibility index (Phi) is 6.05. The molecule has 33 heavy (non-hydrogen) atoms. The highest BCUT2D eigenvalue weighted by molar-refractivity contribution is 5.94. The molecule has 2 atom stereocenters. The third-order valence-electron chi connectivity index (χ3n) is 5.64. The number of nitrogens with zero attached hydrogens (tertiary/aromatic N) is 4. The summed E-state index contributed by atoms with van der Waals surface area (Å²) in [5.41, 5.74) is 4.71. The van der Waals surface area contributed by atoms with E-state index in [1.54, 1.807) is 19.1 Å². The minimum absolute atomic E-state index is 0.00668. The molecule has 0 saturated heterocycles. The lowest BCUT2D eigenvalue weighted by atomic mass is 9.89. The fourth-order valence-electron chi connectivity index (χ4n) is 4.29. The Morgan fingerprint density at radius 1 is 1.06 bits per heavy atom. The highest BCUT2D eigenvalue weighted by Crippen LogP contribution is 2.41. The number of nitrogens with one attached hydrogen (secondary N) is 2. The second kappa shape index (κ2) is 9.09. The van der Waals surface area contributed by atoms with Crippen LogP contribution >= 0.6 is 0 Å². The van der Waals surface area contributed by atoms with Gasteiger partial charge in [0.1, 0.15) is 11.9 Å². The van der Waals surface area contributed by atoms with Crippen LogP contribution in [-0.2, 0) is 9.59 Å². The van der Waals surface area contributed by atoms with Crippen LogP contribution in [0.25, 0.3) is 11.1 Å². The van der Waals surface area contributed by atoms with Gasteiger partial charge in [-0.1, -0.05) is 18.2 Å². The molecule has 1 aliphatic rings. The molecule has 0 unspecified atom stereocenters. The Hall–Kier alpha value is -4.25. The number of anilines is 3. The van der Waals surface area contributed by atoms with Gasteiger partial charge in [-0.15, -0.1) is 10.2 Å². The third-order valence-corrected chi connectivity index (χ3v) is 5.64. The molecular weight excluding hydrogens is 416 g/mol. The number of hydrogen-bond acceptors (Lipinski definition) is 6. The van der Waals surface area contributed by atoms with Gasteiger partial charge in [0.2, 0.25) is 11.8 Å². The van der Waals surface area contributed by atoms with Crippen LogP contribution in [0.4, 0.5) is 17.2 Å². The van der Waals surface area contributed by atoms with Crippen LogP contribution in [0.2, 0.25) is 0 Å². The van der Waals surface area contributed by atoms with Gasteiger partial charge in [-0.25, -0.2) is 0 Å². The Bertz CT molecular complexity index is 1250. The maximum Gasteiger partial charge on any atom is 0.224 e. The first-order chi connectivity index (χ1) is 15.9. The van der Waals surface area contributed by atoms with Crippen LogP contribution < -0.4 is 15.5 Å². The summed E-state index contributed by atoms with van der Waals surface area (Å²) >= 11 is 0. The topological polar surface area (TPSA) is 111 Å². The Morgan fingerprint density at radius 2 is 1.85 bits per heavy atom. The first kappa shape index (κ1) is 22.0. The number of benzene rings is 2. The van der Waals surface area contributed by atoms with Gasteiger partial charge in [0.25, 0.3) is 0 Å². The van der Waals surface area contributed by atoms with Crippen molar-refractivity contribution in [2.24, 2.45) is 0 Å². The van der Waals surface area contributed by atoms with E-state index < -0.39 is 0 Å². The Labute approximate surface area is 192 Å². The molecule has 2 heterocycles. The summed E-state index contributed by atoms with van der Waals surface area (Å²) in [6, 6.07) is 18.9. The fourth-order valence-corrected chi connectivity index (χ4v) is 4.29. The van der Waals surface area contributed by atoms with Crippen molar-refractivity contribution in [3.05, 3.63) is 65.9 Å². The zero-order valence-electron chi connectivity index (χ0n) is 18.7. The molecule has 1 aliphatic heterocycles. The number of amides is 2. The molecule has 1 aromatic heterocycles. The average Bonchev–Trinajstić information content (AvgIpc) is 2.79. The van der Waals surface area contributed by atoms with Gasteiger partial charge in [0.05, 0.1) is 6.04 Å². The van der Waals surface area contributed by atoms with Crippen molar-refractivity contribution >= 4 is 29.0 Å². The van der Waals surface area contributed by atoms with Crippen molar-refractivity contribution < 1.29 is 9.59 Å². The van der Waals surface area contributed by atoms with E-state index in [0.29, 0.717) is 12.2 Å². The van der Waals surface area contributed by atoms with Crippen molar-refractivity contribution in [3.8, 4) is 17.2 Å². The third kappa shape index (κ3) is 4.67. The lowest BCUT2D eigenvalue weighted by Crippen LogP contribution is -2.43. The molecule has 2 aromatic carbocycles. The molecule has 8 nitrogen and oxygen atoms in total. The molecule has 0 spiro atoms. The van der Waals surface area contributed by atoms with Crippen molar-refractivity contribution in [3.63, 3.8) is 0 Å². The standard InChI is InChI=1S/C25H24N6O2/c1-15-11-23(28-25-10-8-21(14-26)29-30-25)22-13-19(7-9-24(22)31(15)17(3)33)18-5-4-6-20(12-18)27-16(2)32/h4-10,12-13,15,23H,11H2,1-3H3,(H,27,32)(H,28,30)/t15-,23+/m0/s1. The summed E-state index contributed by atoms with van der Waals surface area (Å²) in [6.07, 6.45) is 0.684. The zero-order chi connectivity index (χ0) is 23.5. The van der Waals surface area contributed by atoms with Crippen molar-refractivity contribution in [1.29, 1.82) is 5.26 Å². The smallest absolute Gasteiger partial charge is 0.224 e. The van der Waals surface area contributed by atoms with E-state index in [-0.39, 0.29) is 29.6 Å². The van der Waals surface area contributed by atoms with Gasteiger partial charge in [0, 0.05) is 31.3 Å². The van der Waals surface area contributed by atoms with E-state index in [0.717, 1.165) is 28.1 Å². The van der Waals surface area contributed by atoms with E-state index in [2.05, 4.69) is 26.9 Å². The normalized spacial score (nSPS) is 17.0. The monoisotopic (exact) mass is 440 g/mol. The number of fused-ring (bicyclic) bond motifs is 1. The van der Waals surface area contributed by atoms with Crippen molar-refractivity contribution in [2.75, 3.05) is 15.5 Å². The van der Waals surface area contributed by atoms with E-state index in [9.17, 15) is 9.59 Å². The van der Waals surface area contributed by atoms with E-state index in [1.807, 2.05) is 54.3 Å². The quantitative estimate of drug-likeness (QED) is 0.627. The predicted molar refractivity (Wildman–Crippen MR) is 127 cm³/mol. The largest absolute Gasteiger partial charge is 0.362 e.